The fourth-order valence-electron chi connectivity index (χ4n) is 1.94. The van der Waals surface area contributed by atoms with Crippen LogP contribution in [0.4, 0.5) is 0 Å². The maximum Gasteiger partial charge on any atom is 0.152 e. The van der Waals surface area contributed by atoms with Crippen molar-refractivity contribution in [3.8, 4) is 0 Å². The van der Waals surface area contributed by atoms with Crippen molar-refractivity contribution in [3.05, 3.63) is 65.1 Å². The SMILES string of the molecule is NC(c1ccncc1)c1cc2cccc(Cl)c2o1. The van der Waals surface area contributed by atoms with Crippen molar-refractivity contribution in [1.82, 2.24) is 4.98 Å². The Kier molecular flexibility index (Phi) is 2.78. The lowest BCUT2D eigenvalue weighted by atomic mass is 10.1. The Morgan fingerprint density at radius 2 is 1.94 bits per heavy atom. The van der Waals surface area contributed by atoms with E-state index in [2.05, 4.69) is 4.98 Å². The summed E-state index contributed by atoms with van der Waals surface area (Å²) in [6.45, 7) is 0. The largest absolute Gasteiger partial charge is 0.457 e. The lowest BCUT2D eigenvalue weighted by Crippen LogP contribution is -2.10. The summed E-state index contributed by atoms with van der Waals surface area (Å²) in [6, 6.07) is 11.0. The number of para-hydroxylation sites is 1. The minimum Gasteiger partial charge on any atom is -0.457 e. The van der Waals surface area contributed by atoms with E-state index in [1.807, 2.05) is 30.3 Å². The first-order valence-corrected chi connectivity index (χ1v) is 5.97. The molecule has 0 radical (unpaired) electrons. The third kappa shape index (κ3) is 1.88. The highest BCUT2D eigenvalue weighted by Gasteiger charge is 2.15. The highest BCUT2D eigenvalue weighted by atomic mass is 35.5. The smallest absolute Gasteiger partial charge is 0.152 e. The average Bonchev–Trinajstić information content (AvgIpc) is 2.84. The maximum absolute atomic E-state index is 6.17. The van der Waals surface area contributed by atoms with Gasteiger partial charge in [-0.15, -0.1) is 0 Å². The van der Waals surface area contributed by atoms with E-state index in [1.165, 1.54) is 0 Å². The predicted octanol–water partition coefficient (Wildman–Crippen LogP) is 3.53. The first kappa shape index (κ1) is 11.3. The molecule has 1 unspecified atom stereocenters. The van der Waals surface area contributed by atoms with E-state index in [0.29, 0.717) is 16.4 Å². The number of nitrogens with two attached hydrogens (primary N) is 1. The quantitative estimate of drug-likeness (QED) is 0.765. The Bertz CT molecular complexity index is 679. The third-order valence-electron chi connectivity index (χ3n) is 2.89. The van der Waals surface area contributed by atoms with Crippen molar-refractivity contribution in [2.24, 2.45) is 5.73 Å². The van der Waals surface area contributed by atoms with E-state index in [4.69, 9.17) is 21.8 Å². The Morgan fingerprint density at radius 1 is 1.17 bits per heavy atom. The summed E-state index contributed by atoms with van der Waals surface area (Å²) in [5.41, 5.74) is 7.80. The fraction of sp³-hybridized carbons (Fsp3) is 0.0714. The van der Waals surface area contributed by atoms with E-state index in [9.17, 15) is 0 Å². The zero-order valence-electron chi connectivity index (χ0n) is 9.51. The molecule has 3 aromatic rings. The molecule has 1 aromatic carbocycles. The van der Waals surface area contributed by atoms with Crippen LogP contribution in [0, 0.1) is 0 Å². The first-order valence-electron chi connectivity index (χ1n) is 5.59. The van der Waals surface area contributed by atoms with E-state index < -0.39 is 0 Å². The molecule has 0 fully saturated rings. The number of nitrogens with zero attached hydrogens (tertiary/aromatic N) is 1. The number of rotatable bonds is 2. The predicted molar refractivity (Wildman–Crippen MR) is 71.5 cm³/mol. The van der Waals surface area contributed by atoms with Gasteiger partial charge in [-0.2, -0.15) is 0 Å². The second kappa shape index (κ2) is 4.44. The number of furan rings is 1. The topological polar surface area (TPSA) is 52.0 Å². The van der Waals surface area contributed by atoms with Gasteiger partial charge in [0.05, 0.1) is 11.1 Å². The van der Waals surface area contributed by atoms with Gasteiger partial charge < -0.3 is 10.2 Å². The molecule has 0 bridgehead atoms. The van der Waals surface area contributed by atoms with Crippen molar-refractivity contribution < 1.29 is 4.42 Å². The van der Waals surface area contributed by atoms with Gasteiger partial charge in [0, 0.05) is 17.8 Å². The molecule has 3 rings (SSSR count). The van der Waals surface area contributed by atoms with Gasteiger partial charge in [0.1, 0.15) is 5.76 Å². The van der Waals surface area contributed by atoms with Gasteiger partial charge in [0.2, 0.25) is 0 Å². The van der Waals surface area contributed by atoms with Gasteiger partial charge in [0.25, 0.3) is 0 Å². The summed E-state index contributed by atoms with van der Waals surface area (Å²) < 4.78 is 5.74. The molecule has 0 saturated carbocycles. The Balaban J connectivity index is 2.07. The van der Waals surface area contributed by atoms with Crippen LogP contribution in [0.25, 0.3) is 11.0 Å². The van der Waals surface area contributed by atoms with Gasteiger partial charge in [-0.05, 0) is 29.8 Å². The molecule has 0 spiro atoms. The van der Waals surface area contributed by atoms with Crippen LogP contribution in [0.15, 0.2) is 53.2 Å². The molecule has 2 heterocycles. The minimum absolute atomic E-state index is 0.309. The number of fused-ring (bicyclic) bond motifs is 1. The summed E-state index contributed by atoms with van der Waals surface area (Å²) >= 11 is 6.08. The normalized spacial score (nSPS) is 12.8. The molecule has 0 aliphatic rings. The zero-order valence-corrected chi connectivity index (χ0v) is 10.3. The molecule has 18 heavy (non-hydrogen) atoms. The van der Waals surface area contributed by atoms with E-state index in [0.717, 1.165) is 10.9 Å². The molecular formula is C14H11ClN2O. The number of pyridine rings is 1. The molecule has 2 aromatic heterocycles. The number of hydrogen-bond acceptors (Lipinski definition) is 3. The lowest BCUT2D eigenvalue weighted by Gasteiger charge is -2.07. The lowest BCUT2D eigenvalue weighted by molar-refractivity contribution is 0.525. The highest BCUT2D eigenvalue weighted by molar-refractivity contribution is 6.34. The Labute approximate surface area is 109 Å². The summed E-state index contributed by atoms with van der Waals surface area (Å²) in [7, 11) is 0. The van der Waals surface area contributed by atoms with Gasteiger partial charge in [-0.25, -0.2) is 0 Å². The van der Waals surface area contributed by atoms with Crippen molar-refractivity contribution >= 4 is 22.6 Å². The Hall–Kier alpha value is -1.84. The van der Waals surface area contributed by atoms with Crippen molar-refractivity contribution in [2.75, 3.05) is 0 Å². The standard InChI is InChI=1S/C14H11ClN2O/c15-11-3-1-2-10-8-12(18-14(10)11)13(16)9-4-6-17-7-5-9/h1-8,13H,16H2. The van der Waals surface area contributed by atoms with Crippen LogP contribution in [-0.4, -0.2) is 4.98 Å². The second-order valence-electron chi connectivity index (χ2n) is 4.07. The molecule has 3 nitrogen and oxygen atoms in total. The zero-order chi connectivity index (χ0) is 12.5. The van der Waals surface area contributed by atoms with Gasteiger partial charge in [0.15, 0.2) is 5.58 Å². The molecular weight excluding hydrogens is 248 g/mol. The van der Waals surface area contributed by atoms with Crippen molar-refractivity contribution in [3.63, 3.8) is 0 Å². The second-order valence-corrected chi connectivity index (χ2v) is 4.47. The molecule has 4 heteroatoms. The number of aromatic nitrogens is 1. The molecule has 0 aliphatic heterocycles. The van der Waals surface area contributed by atoms with E-state index in [-0.39, 0.29) is 6.04 Å². The van der Waals surface area contributed by atoms with Crippen LogP contribution < -0.4 is 5.73 Å². The molecule has 1 atom stereocenters. The van der Waals surface area contributed by atoms with Crippen LogP contribution in [-0.2, 0) is 0 Å². The maximum atomic E-state index is 6.17. The van der Waals surface area contributed by atoms with E-state index in [1.54, 1.807) is 18.5 Å². The average molecular weight is 259 g/mol. The summed E-state index contributed by atoms with van der Waals surface area (Å²) in [5, 5.41) is 1.56. The van der Waals surface area contributed by atoms with E-state index >= 15 is 0 Å². The van der Waals surface area contributed by atoms with Crippen LogP contribution in [0.3, 0.4) is 0 Å². The fourth-order valence-corrected chi connectivity index (χ4v) is 2.16. The Morgan fingerprint density at radius 3 is 2.67 bits per heavy atom. The molecule has 2 N–H and O–H groups in total. The highest BCUT2D eigenvalue weighted by Crippen LogP contribution is 2.30. The van der Waals surface area contributed by atoms with Crippen LogP contribution in [0.2, 0.25) is 5.02 Å². The number of benzene rings is 1. The third-order valence-corrected chi connectivity index (χ3v) is 3.18. The molecule has 0 amide bonds. The first-order chi connectivity index (χ1) is 8.75. The number of hydrogen-bond donors (Lipinski definition) is 1. The van der Waals surface area contributed by atoms with Crippen molar-refractivity contribution in [2.45, 2.75) is 6.04 Å². The van der Waals surface area contributed by atoms with Crippen LogP contribution in [0.1, 0.15) is 17.4 Å². The molecule has 90 valence electrons. The van der Waals surface area contributed by atoms with Crippen molar-refractivity contribution in [1.29, 1.82) is 0 Å². The van der Waals surface area contributed by atoms with Gasteiger partial charge in [-0.3, -0.25) is 4.98 Å². The van der Waals surface area contributed by atoms with Crippen LogP contribution in [0.5, 0.6) is 0 Å². The summed E-state index contributed by atoms with van der Waals surface area (Å²) in [5.74, 6) is 0.698. The monoisotopic (exact) mass is 258 g/mol. The number of halogens is 1. The van der Waals surface area contributed by atoms with Gasteiger partial charge in [-0.1, -0.05) is 23.7 Å². The van der Waals surface area contributed by atoms with Crippen LogP contribution >= 0.6 is 11.6 Å². The molecule has 0 aliphatic carbocycles. The summed E-state index contributed by atoms with van der Waals surface area (Å²) in [4.78, 5) is 3.97. The summed E-state index contributed by atoms with van der Waals surface area (Å²) in [6.07, 6.45) is 3.43. The molecule has 0 saturated heterocycles. The van der Waals surface area contributed by atoms with Gasteiger partial charge >= 0.3 is 0 Å². The minimum atomic E-state index is -0.309.